The van der Waals surface area contributed by atoms with Crippen LogP contribution in [-0.4, -0.2) is 11.7 Å². The highest BCUT2D eigenvalue weighted by Gasteiger charge is 1.77. The summed E-state index contributed by atoms with van der Waals surface area (Å²) in [6, 6.07) is 10.3. The maximum absolute atomic E-state index is 9.81. The van der Waals surface area contributed by atoms with Gasteiger partial charge in [0.25, 0.3) is 0 Å². The summed E-state index contributed by atoms with van der Waals surface area (Å²) in [6.45, 7) is 7.24. The van der Waals surface area contributed by atoms with Crippen LogP contribution in [0, 0.1) is 6.92 Å². The lowest BCUT2D eigenvalue weighted by molar-refractivity contribution is -0.118. The van der Waals surface area contributed by atoms with E-state index in [-0.39, 0.29) is 11.7 Å². The van der Waals surface area contributed by atoms with Gasteiger partial charge in [-0.25, -0.2) is 0 Å². The van der Waals surface area contributed by atoms with Crippen molar-refractivity contribution < 1.29 is 9.59 Å². The lowest BCUT2D eigenvalue weighted by Crippen LogP contribution is -2.06. The first kappa shape index (κ1) is 17.7. The van der Waals surface area contributed by atoms with E-state index in [2.05, 4.69) is 24.8 Å². The number of carbonyl (C=O) groups excluding carboxylic acids is 2. The molecule has 0 aliphatic rings. The maximum Gasteiger partial charge on any atom is 0.217 e. The molecule has 0 saturated carbocycles. The van der Waals surface area contributed by atoms with Crippen molar-refractivity contribution in [2.24, 2.45) is 5.73 Å². The van der Waals surface area contributed by atoms with Gasteiger partial charge in [0.1, 0.15) is 5.78 Å². The standard InChI is InChI=1S/C7H8.C4H8O.C3H7NO/c1-7-5-3-2-4-6-7;1-3-4(2)5;1-2-3(4)5/h2-6H,1H3;3H2,1-2H3;2H2,1H3,(H2,4,5). The van der Waals surface area contributed by atoms with Crippen molar-refractivity contribution in [1.29, 1.82) is 0 Å². The van der Waals surface area contributed by atoms with Crippen molar-refractivity contribution in [3.63, 3.8) is 0 Å². The summed E-state index contributed by atoms with van der Waals surface area (Å²) in [7, 11) is 0. The summed E-state index contributed by atoms with van der Waals surface area (Å²) in [6.07, 6.45) is 1.11. The van der Waals surface area contributed by atoms with E-state index in [1.54, 1.807) is 13.8 Å². The summed E-state index contributed by atoms with van der Waals surface area (Å²) < 4.78 is 0. The molecule has 1 aromatic carbocycles. The number of hydrogen-bond acceptors (Lipinski definition) is 2. The van der Waals surface area contributed by atoms with Crippen LogP contribution in [0.5, 0.6) is 0 Å². The Bertz CT molecular complexity index is 293. The topological polar surface area (TPSA) is 60.2 Å². The van der Waals surface area contributed by atoms with E-state index in [1.165, 1.54) is 5.56 Å². The van der Waals surface area contributed by atoms with Gasteiger partial charge in [-0.05, 0) is 13.8 Å². The van der Waals surface area contributed by atoms with Crippen LogP contribution >= 0.6 is 0 Å². The molecule has 0 aliphatic carbocycles. The van der Waals surface area contributed by atoms with Crippen molar-refractivity contribution in [2.45, 2.75) is 40.5 Å². The van der Waals surface area contributed by atoms with Gasteiger partial charge in [0.2, 0.25) is 5.91 Å². The van der Waals surface area contributed by atoms with Crippen LogP contribution in [0.25, 0.3) is 0 Å². The van der Waals surface area contributed by atoms with Crippen LogP contribution in [0.1, 0.15) is 39.2 Å². The predicted molar refractivity (Wildman–Crippen MR) is 71.6 cm³/mol. The number of primary amides is 1. The lowest BCUT2D eigenvalue weighted by Gasteiger charge is -1.82. The smallest absolute Gasteiger partial charge is 0.217 e. The van der Waals surface area contributed by atoms with Crippen molar-refractivity contribution in [2.75, 3.05) is 0 Å². The number of hydrogen-bond donors (Lipinski definition) is 1. The Morgan fingerprint density at radius 3 is 1.53 bits per heavy atom. The normalized spacial score (nSPS) is 8.00. The lowest BCUT2D eigenvalue weighted by atomic mass is 10.2. The minimum Gasteiger partial charge on any atom is -0.370 e. The third-order valence-corrected chi connectivity index (χ3v) is 1.79. The van der Waals surface area contributed by atoms with Crippen LogP contribution in [0.15, 0.2) is 30.3 Å². The van der Waals surface area contributed by atoms with Crippen LogP contribution in [0.3, 0.4) is 0 Å². The van der Waals surface area contributed by atoms with Gasteiger partial charge in [0.15, 0.2) is 0 Å². The second-order valence-electron chi connectivity index (χ2n) is 3.53. The van der Waals surface area contributed by atoms with Gasteiger partial charge in [0.05, 0.1) is 0 Å². The van der Waals surface area contributed by atoms with E-state index >= 15 is 0 Å². The number of ketones is 1. The van der Waals surface area contributed by atoms with Crippen LogP contribution in [0.4, 0.5) is 0 Å². The molecule has 0 atom stereocenters. The van der Waals surface area contributed by atoms with E-state index in [9.17, 15) is 9.59 Å². The number of rotatable bonds is 2. The SMILES string of the molecule is CCC(C)=O.CCC(N)=O.Cc1ccccc1. The third kappa shape index (κ3) is 20.4. The Kier molecular flexibility index (Phi) is 13.0. The summed E-state index contributed by atoms with van der Waals surface area (Å²) in [4.78, 5) is 19.4. The van der Waals surface area contributed by atoms with Gasteiger partial charge in [-0.15, -0.1) is 0 Å². The molecule has 0 spiro atoms. The van der Waals surface area contributed by atoms with E-state index in [0.29, 0.717) is 12.8 Å². The Morgan fingerprint density at radius 1 is 1.06 bits per heavy atom. The average Bonchev–Trinajstić information content (AvgIpc) is 2.31. The molecule has 0 aromatic heterocycles. The van der Waals surface area contributed by atoms with Gasteiger partial charge in [0, 0.05) is 12.8 Å². The molecule has 1 rings (SSSR count). The fraction of sp³-hybridized carbons (Fsp3) is 0.429. The molecule has 0 radical (unpaired) electrons. The van der Waals surface area contributed by atoms with Crippen LogP contribution in [-0.2, 0) is 9.59 Å². The summed E-state index contributed by atoms with van der Waals surface area (Å²) >= 11 is 0. The van der Waals surface area contributed by atoms with Gasteiger partial charge in [-0.1, -0.05) is 49.7 Å². The van der Waals surface area contributed by atoms with Crippen LogP contribution < -0.4 is 5.73 Å². The fourth-order valence-corrected chi connectivity index (χ4v) is 0.534. The predicted octanol–water partition coefficient (Wildman–Crippen LogP) is 2.86. The molecule has 17 heavy (non-hydrogen) atoms. The summed E-state index contributed by atoms with van der Waals surface area (Å²) in [5.41, 5.74) is 5.97. The minimum atomic E-state index is -0.245. The molecule has 1 amide bonds. The average molecular weight is 237 g/mol. The zero-order valence-electron chi connectivity index (χ0n) is 11.2. The van der Waals surface area contributed by atoms with Gasteiger partial charge in [-0.3, -0.25) is 4.79 Å². The van der Waals surface area contributed by atoms with E-state index in [0.717, 1.165) is 0 Å². The van der Waals surface area contributed by atoms with Gasteiger partial charge < -0.3 is 10.5 Å². The molecule has 2 N–H and O–H groups in total. The highest BCUT2D eigenvalue weighted by Crippen LogP contribution is 1.92. The Labute approximate surface area is 104 Å². The molecule has 3 heteroatoms. The van der Waals surface area contributed by atoms with Crippen molar-refractivity contribution in [3.8, 4) is 0 Å². The second-order valence-corrected chi connectivity index (χ2v) is 3.53. The number of nitrogens with two attached hydrogens (primary N) is 1. The van der Waals surface area contributed by atoms with E-state index < -0.39 is 0 Å². The number of amides is 1. The molecular weight excluding hydrogens is 214 g/mol. The molecule has 0 fully saturated rings. The summed E-state index contributed by atoms with van der Waals surface area (Å²) in [5.74, 6) is 0.00926. The number of carbonyl (C=O) groups is 2. The number of Topliss-reactive ketones (excluding diaryl/α,β-unsaturated/α-hetero) is 1. The first-order chi connectivity index (χ1) is 7.93. The zero-order valence-corrected chi connectivity index (χ0v) is 11.2. The Balaban J connectivity index is 0. The molecule has 0 unspecified atom stereocenters. The highest BCUT2D eigenvalue weighted by molar-refractivity contribution is 5.74. The molecular formula is C14H23NO2. The Morgan fingerprint density at radius 2 is 1.41 bits per heavy atom. The third-order valence-electron chi connectivity index (χ3n) is 1.79. The van der Waals surface area contributed by atoms with E-state index in [1.807, 2.05) is 25.1 Å². The van der Waals surface area contributed by atoms with Gasteiger partial charge in [-0.2, -0.15) is 0 Å². The largest absolute Gasteiger partial charge is 0.370 e. The second kappa shape index (κ2) is 12.4. The first-order valence-corrected chi connectivity index (χ1v) is 5.73. The maximum atomic E-state index is 9.81. The molecule has 96 valence electrons. The number of aryl methyl sites for hydroxylation is 1. The molecule has 1 aromatic rings. The fourth-order valence-electron chi connectivity index (χ4n) is 0.534. The van der Waals surface area contributed by atoms with Gasteiger partial charge >= 0.3 is 0 Å². The highest BCUT2D eigenvalue weighted by atomic mass is 16.1. The summed E-state index contributed by atoms with van der Waals surface area (Å²) in [5, 5.41) is 0. The molecule has 0 saturated heterocycles. The quantitative estimate of drug-likeness (QED) is 0.859. The zero-order chi connectivity index (χ0) is 13.7. The molecule has 3 nitrogen and oxygen atoms in total. The first-order valence-electron chi connectivity index (χ1n) is 5.73. The molecule has 0 heterocycles. The van der Waals surface area contributed by atoms with Crippen molar-refractivity contribution in [1.82, 2.24) is 0 Å². The molecule has 0 bridgehead atoms. The minimum absolute atomic E-state index is 0.245. The Hall–Kier alpha value is -1.64. The number of benzene rings is 1. The van der Waals surface area contributed by atoms with Crippen molar-refractivity contribution >= 4 is 11.7 Å². The molecule has 0 aliphatic heterocycles. The van der Waals surface area contributed by atoms with Crippen LogP contribution in [0.2, 0.25) is 0 Å². The monoisotopic (exact) mass is 237 g/mol. The van der Waals surface area contributed by atoms with Crippen molar-refractivity contribution in [3.05, 3.63) is 35.9 Å². The van der Waals surface area contributed by atoms with E-state index in [4.69, 9.17) is 0 Å².